The maximum atomic E-state index is 9.33. The molecule has 0 atom stereocenters. The van der Waals surface area contributed by atoms with Crippen LogP contribution in [-0.2, 0) is 5.41 Å². The van der Waals surface area contributed by atoms with Gasteiger partial charge in [-0.25, -0.2) is 0 Å². The van der Waals surface area contributed by atoms with E-state index in [4.69, 9.17) is 4.74 Å². The quantitative estimate of drug-likeness (QED) is 0.841. The number of aliphatic hydroxyl groups excluding tert-OH is 1. The van der Waals surface area contributed by atoms with Crippen molar-refractivity contribution in [1.29, 1.82) is 0 Å². The van der Waals surface area contributed by atoms with Crippen LogP contribution in [0.25, 0.3) is 0 Å². The highest BCUT2D eigenvalue weighted by molar-refractivity contribution is 9.10. The lowest BCUT2D eigenvalue weighted by Gasteiger charge is -2.23. The summed E-state index contributed by atoms with van der Waals surface area (Å²) < 4.78 is 6.49. The van der Waals surface area contributed by atoms with E-state index >= 15 is 0 Å². The highest BCUT2D eigenvalue weighted by atomic mass is 79.9. The maximum Gasteiger partial charge on any atom is 0.133 e. The van der Waals surface area contributed by atoms with E-state index in [0.29, 0.717) is 6.61 Å². The lowest BCUT2D eigenvalue weighted by atomic mass is 9.86. The molecule has 1 aromatic carbocycles. The van der Waals surface area contributed by atoms with Crippen molar-refractivity contribution >= 4 is 15.9 Å². The molecule has 0 amide bonds. The molecule has 3 heteroatoms. The number of aliphatic hydroxyl groups is 1. The molecule has 0 bridgehead atoms. The van der Waals surface area contributed by atoms with Crippen LogP contribution in [-0.4, -0.2) is 18.3 Å². The third kappa shape index (κ3) is 3.86. The van der Waals surface area contributed by atoms with Gasteiger partial charge >= 0.3 is 0 Å². The summed E-state index contributed by atoms with van der Waals surface area (Å²) in [5, 5.41) is 9.33. The predicted molar refractivity (Wildman–Crippen MR) is 74.6 cm³/mol. The Bertz CT molecular complexity index is 411. The van der Waals surface area contributed by atoms with Gasteiger partial charge in [-0.1, -0.05) is 26.5 Å². The van der Waals surface area contributed by atoms with Crippen LogP contribution in [0.5, 0.6) is 5.75 Å². The minimum absolute atomic E-state index is 0.116. The summed E-state index contributed by atoms with van der Waals surface area (Å²) in [6.07, 6.45) is 0. The van der Waals surface area contributed by atoms with Crippen LogP contribution in [0.15, 0.2) is 34.8 Å². The number of hydrogen-bond acceptors (Lipinski definition) is 2. The molecular formula is C14H19BrO2. The second-order valence-corrected chi connectivity index (χ2v) is 5.79. The molecule has 1 aromatic rings. The topological polar surface area (TPSA) is 29.5 Å². The van der Waals surface area contributed by atoms with Crippen molar-refractivity contribution in [2.75, 3.05) is 13.2 Å². The third-order valence-corrected chi connectivity index (χ3v) is 3.20. The van der Waals surface area contributed by atoms with Gasteiger partial charge in [0.25, 0.3) is 0 Å². The van der Waals surface area contributed by atoms with Crippen LogP contribution >= 0.6 is 15.9 Å². The Morgan fingerprint density at radius 1 is 1.47 bits per heavy atom. The Morgan fingerprint density at radius 3 is 2.59 bits per heavy atom. The first kappa shape index (κ1) is 14.3. The number of rotatable bonds is 5. The molecule has 1 rings (SSSR count). The van der Waals surface area contributed by atoms with Crippen molar-refractivity contribution < 1.29 is 9.84 Å². The molecule has 0 saturated carbocycles. The molecule has 0 aromatic heterocycles. The lowest BCUT2D eigenvalue weighted by Crippen LogP contribution is -2.21. The second-order valence-electron chi connectivity index (χ2n) is 4.93. The van der Waals surface area contributed by atoms with Gasteiger partial charge < -0.3 is 9.84 Å². The van der Waals surface area contributed by atoms with Crippen molar-refractivity contribution in [3.8, 4) is 5.75 Å². The maximum absolute atomic E-state index is 9.33. The van der Waals surface area contributed by atoms with E-state index in [1.165, 1.54) is 0 Å². The van der Waals surface area contributed by atoms with Gasteiger partial charge in [0.2, 0.25) is 0 Å². The Hall–Kier alpha value is -0.800. The van der Waals surface area contributed by atoms with E-state index in [1.54, 1.807) is 0 Å². The van der Waals surface area contributed by atoms with E-state index in [0.717, 1.165) is 21.4 Å². The Labute approximate surface area is 111 Å². The van der Waals surface area contributed by atoms with E-state index < -0.39 is 0 Å². The van der Waals surface area contributed by atoms with E-state index in [-0.39, 0.29) is 12.0 Å². The van der Waals surface area contributed by atoms with Gasteiger partial charge in [-0.3, -0.25) is 0 Å². The minimum atomic E-state index is -0.241. The minimum Gasteiger partial charge on any atom is -0.488 e. The van der Waals surface area contributed by atoms with Crippen molar-refractivity contribution in [2.45, 2.75) is 26.2 Å². The van der Waals surface area contributed by atoms with Crippen molar-refractivity contribution in [2.24, 2.45) is 0 Å². The van der Waals surface area contributed by atoms with Crippen LogP contribution in [0.2, 0.25) is 0 Å². The van der Waals surface area contributed by atoms with Crippen LogP contribution in [0, 0.1) is 0 Å². The summed E-state index contributed by atoms with van der Waals surface area (Å²) in [6, 6.07) is 5.89. The van der Waals surface area contributed by atoms with Gasteiger partial charge in [0.05, 0.1) is 11.1 Å². The molecular weight excluding hydrogens is 280 g/mol. The van der Waals surface area contributed by atoms with Crippen molar-refractivity contribution in [3.63, 3.8) is 0 Å². The first-order valence-electron chi connectivity index (χ1n) is 5.55. The fraction of sp³-hybridized carbons (Fsp3) is 0.429. The van der Waals surface area contributed by atoms with Gasteiger partial charge in [-0.2, -0.15) is 0 Å². The molecule has 17 heavy (non-hydrogen) atoms. The Balaban J connectivity index is 2.90. The van der Waals surface area contributed by atoms with E-state index in [9.17, 15) is 5.11 Å². The molecule has 94 valence electrons. The predicted octanol–water partition coefficient (Wildman–Crippen LogP) is 3.67. The highest BCUT2D eigenvalue weighted by Gasteiger charge is 2.20. The number of benzene rings is 1. The lowest BCUT2D eigenvalue weighted by molar-refractivity contribution is 0.218. The average molecular weight is 299 g/mol. The number of halogens is 1. The first-order chi connectivity index (χ1) is 7.86. The average Bonchev–Trinajstić information content (AvgIpc) is 2.27. The van der Waals surface area contributed by atoms with Crippen LogP contribution < -0.4 is 4.74 Å². The normalized spacial score (nSPS) is 11.4. The van der Waals surface area contributed by atoms with Gasteiger partial charge in [0, 0.05) is 5.41 Å². The molecule has 0 aliphatic heterocycles. The van der Waals surface area contributed by atoms with Gasteiger partial charge in [0.1, 0.15) is 12.4 Å². The standard InChI is InChI=1S/C14H19BrO2/c1-10(2)8-17-13-6-5-11(7-12(13)15)14(3,4)9-16/h5-7,16H,1,8-9H2,2-4H3. The third-order valence-electron chi connectivity index (χ3n) is 2.58. The molecule has 0 spiro atoms. The van der Waals surface area contributed by atoms with E-state index in [1.807, 2.05) is 39.0 Å². The van der Waals surface area contributed by atoms with E-state index in [2.05, 4.69) is 22.5 Å². The summed E-state index contributed by atoms with van der Waals surface area (Å²) >= 11 is 3.48. The molecule has 0 aliphatic carbocycles. The first-order valence-corrected chi connectivity index (χ1v) is 6.34. The summed E-state index contributed by atoms with van der Waals surface area (Å²) in [7, 11) is 0. The summed E-state index contributed by atoms with van der Waals surface area (Å²) in [6.45, 7) is 10.4. The number of ether oxygens (including phenoxy) is 1. The van der Waals surface area contributed by atoms with Gasteiger partial charge in [0.15, 0.2) is 0 Å². The van der Waals surface area contributed by atoms with Crippen LogP contribution in [0.1, 0.15) is 26.3 Å². The summed E-state index contributed by atoms with van der Waals surface area (Å²) in [4.78, 5) is 0. The van der Waals surface area contributed by atoms with Crippen LogP contribution in [0.3, 0.4) is 0 Å². The highest BCUT2D eigenvalue weighted by Crippen LogP contribution is 2.31. The smallest absolute Gasteiger partial charge is 0.133 e. The summed E-state index contributed by atoms with van der Waals surface area (Å²) in [5.74, 6) is 0.797. The fourth-order valence-corrected chi connectivity index (χ4v) is 1.82. The fourth-order valence-electron chi connectivity index (χ4n) is 1.33. The Kier molecular flexibility index (Phi) is 4.78. The zero-order chi connectivity index (χ0) is 13.1. The van der Waals surface area contributed by atoms with Crippen molar-refractivity contribution in [3.05, 3.63) is 40.4 Å². The SMILES string of the molecule is C=C(C)COc1ccc(C(C)(C)CO)cc1Br. The molecule has 0 aliphatic rings. The molecule has 0 radical (unpaired) electrons. The molecule has 0 saturated heterocycles. The molecule has 2 nitrogen and oxygen atoms in total. The zero-order valence-electron chi connectivity index (χ0n) is 10.6. The van der Waals surface area contributed by atoms with Gasteiger partial charge in [-0.05, 0) is 46.1 Å². The largest absolute Gasteiger partial charge is 0.488 e. The molecule has 0 heterocycles. The number of hydrogen-bond donors (Lipinski definition) is 1. The molecule has 0 unspecified atom stereocenters. The zero-order valence-corrected chi connectivity index (χ0v) is 12.2. The monoisotopic (exact) mass is 298 g/mol. The molecule has 1 N–H and O–H groups in total. The van der Waals surface area contributed by atoms with Crippen LogP contribution in [0.4, 0.5) is 0 Å². The second kappa shape index (κ2) is 5.69. The summed E-state index contributed by atoms with van der Waals surface area (Å²) in [5.41, 5.74) is 1.82. The Morgan fingerprint density at radius 2 is 2.12 bits per heavy atom. The van der Waals surface area contributed by atoms with Crippen molar-refractivity contribution in [1.82, 2.24) is 0 Å². The van der Waals surface area contributed by atoms with Gasteiger partial charge in [-0.15, -0.1) is 0 Å². The molecule has 0 fully saturated rings.